The highest BCUT2D eigenvalue weighted by molar-refractivity contribution is 14.0. The van der Waals surface area contributed by atoms with E-state index in [1.54, 1.807) is 12.3 Å². The third kappa shape index (κ3) is 6.62. The number of rotatable bonds is 8. The van der Waals surface area contributed by atoms with Crippen LogP contribution < -0.4 is 10.6 Å². The van der Waals surface area contributed by atoms with Crippen LogP contribution >= 0.6 is 46.9 Å². The summed E-state index contributed by atoms with van der Waals surface area (Å²) in [5.74, 6) is 1.64. The van der Waals surface area contributed by atoms with Gasteiger partial charge >= 0.3 is 0 Å². The molecule has 6 nitrogen and oxygen atoms in total. The average molecular weight is 539 g/mol. The molecule has 156 valence electrons. The Labute approximate surface area is 192 Å². The van der Waals surface area contributed by atoms with Crippen molar-refractivity contribution >= 4 is 52.9 Å². The molecule has 2 aromatic heterocycles. The summed E-state index contributed by atoms with van der Waals surface area (Å²) in [6.45, 7) is 5.89. The lowest BCUT2D eigenvalue weighted by atomic mass is 10.2. The minimum absolute atomic E-state index is 0. The molecule has 1 aliphatic rings. The first-order chi connectivity index (χ1) is 13.2. The number of guanidine groups is 1. The van der Waals surface area contributed by atoms with Gasteiger partial charge in [0.25, 0.3) is 0 Å². The normalized spacial score (nSPS) is 17.2. The number of halogens is 2. The van der Waals surface area contributed by atoms with Crippen LogP contribution in [-0.4, -0.2) is 48.7 Å². The second kappa shape index (κ2) is 12.0. The van der Waals surface area contributed by atoms with Gasteiger partial charge in [-0.3, -0.25) is 9.89 Å². The Bertz CT molecular complexity index is 719. The number of hydrogen-bond donors (Lipinski definition) is 3. The van der Waals surface area contributed by atoms with Crippen molar-refractivity contribution in [2.75, 3.05) is 32.7 Å². The monoisotopic (exact) mass is 538 g/mol. The van der Waals surface area contributed by atoms with E-state index in [9.17, 15) is 5.11 Å². The average Bonchev–Trinajstić information content (AvgIpc) is 3.42. The smallest absolute Gasteiger partial charge is 0.191 e. The molecule has 2 aromatic rings. The van der Waals surface area contributed by atoms with E-state index in [1.807, 2.05) is 25.1 Å². The molecule has 0 spiro atoms. The van der Waals surface area contributed by atoms with Crippen LogP contribution in [0, 0.1) is 0 Å². The van der Waals surface area contributed by atoms with Gasteiger partial charge in [0.15, 0.2) is 5.96 Å². The minimum atomic E-state index is -0.620. The quantitative estimate of drug-likeness (QED) is 0.269. The highest BCUT2D eigenvalue weighted by atomic mass is 127. The number of nitrogens with one attached hydrogen (secondary N) is 2. The van der Waals surface area contributed by atoms with E-state index in [1.165, 1.54) is 24.2 Å². The largest absolute Gasteiger partial charge is 0.468 e. The number of hydrogen-bond acceptors (Lipinski definition) is 5. The Morgan fingerprint density at radius 1 is 1.32 bits per heavy atom. The van der Waals surface area contributed by atoms with E-state index in [0.717, 1.165) is 30.3 Å². The van der Waals surface area contributed by atoms with Crippen molar-refractivity contribution in [1.29, 1.82) is 0 Å². The van der Waals surface area contributed by atoms with E-state index < -0.39 is 6.10 Å². The molecule has 0 amide bonds. The van der Waals surface area contributed by atoms with Gasteiger partial charge in [0, 0.05) is 18.0 Å². The SMILES string of the molecule is CCNC(=NCC(c1ccco1)N1CCCC1)NCC(O)c1ccc(Cl)s1.I. The number of nitrogens with zero attached hydrogens (tertiary/aromatic N) is 2. The van der Waals surface area contributed by atoms with E-state index in [-0.39, 0.29) is 30.0 Å². The van der Waals surface area contributed by atoms with Crippen molar-refractivity contribution in [2.45, 2.75) is 31.9 Å². The maximum atomic E-state index is 10.3. The summed E-state index contributed by atoms with van der Waals surface area (Å²) in [6, 6.07) is 7.73. The minimum Gasteiger partial charge on any atom is -0.468 e. The summed E-state index contributed by atoms with van der Waals surface area (Å²) in [5, 5.41) is 16.8. The van der Waals surface area contributed by atoms with Gasteiger partial charge in [0.1, 0.15) is 11.9 Å². The van der Waals surface area contributed by atoms with Gasteiger partial charge < -0.3 is 20.2 Å². The number of aliphatic hydroxyl groups excluding tert-OH is 1. The van der Waals surface area contributed by atoms with E-state index >= 15 is 0 Å². The van der Waals surface area contributed by atoms with Crippen LogP contribution in [0.3, 0.4) is 0 Å². The number of furan rings is 1. The lowest BCUT2D eigenvalue weighted by Gasteiger charge is -2.24. The Kier molecular flexibility index (Phi) is 10.1. The van der Waals surface area contributed by atoms with Gasteiger partial charge in [0.05, 0.1) is 23.2 Å². The van der Waals surface area contributed by atoms with E-state index in [2.05, 4.69) is 15.5 Å². The molecule has 0 bridgehead atoms. The molecule has 2 unspecified atom stereocenters. The fourth-order valence-electron chi connectivity index (χ4n) is 3.24. The van der Waals surface area contributed by atoms with Crippen LogP contribution in [0.25, 0.3) is 0 Å². The molecule has 0 aromatic carbocycles. The zero-order valence-electron chi connectivity index (χ0n) is 15.9. The fraction of sp³-hybridized carbons (Fsp3) is 0.526. The molecule has 0 radical (unpaired) electrons. The van der Waals surface area contributed by atoms with Gasteiger partial charge in [-0.05, 0) is 57.1 Å². The molecule has 28 heavy (non-hydrogen) atoms. The summed E-state index contributed by atoms with van der Waals surface area (Å²) in [5.41, 5.74) is 0. The third-order valence-corrected chi connectivity index (χ3v) is 5.94. The van der Waals surface area contributed by atoms with Crippen LogP contribution in [-0.2, 0) is 0 Å². The van der Waals surface area contributed by atoms with Crippen LogP contribution in [0.4, 0.5) is 0 Å². The molecular weight excluding hydrogens is 511 g/mol. The van der Waals surface area contributed by atoms with Gasteiger partial charge in [-0.2, -0.15) is 0 Å². The van der Waals surface area contributed by atoms with Crippen molar-refractivity contribution in [1.82, 2.24) is 15.5 Å². The van der Waals surface area contributed by atoms with Gasteiger partial charge in [-0.15, -0.1) is 35.3 Å². The fourth-order valence-corrected chi connectivity index (χ4v) is 4.29. The summed E-state index contributed by atoms with van der Waals surface area (Å²) in [4.78, 5) is 8.01. The van der Waals surface area contributed by atoms with Gasteiger partial charge in [-0.1, -0.05) is 11.6 Å². The number of aliphatic hydroxyl groups is 1. The van der Waals surface area contributed by atoms with Crippen LogP contribution in [0.5, 0.6) is 0 Å². The van der Waals surface area contributed by atoms with Crippen LogP contribution in [0.1, 0.15) is 42.5 Å². The topological polar surface area (TPSA) is 73.0 Å². The Morgan fingerprint density at radius 2 is 2.11 bits per heavy atom. The van der Waals surface area contributed by atoms with Crippen molar-refractivity contribution in [3.63, 3.8) is 0 Å². The summed E-state index contributed by atoms with van der Waals surface area (Å²) in [7, 11) is 0. The third-order valence-electron chi connectivity index (χ3n) is 4.60. The molecule has 1 saturated heterocycles. The number of likely N-dealkylation sites (tertiary alicyclic amines) is 1. The first-order valence-electron chi connectivity index (χ1n) is 9.40. The van der Waals surface area contributed by atoms with Crippen LogP contribution in [0.2, 0.25) is 4.34 Å². The summed E-state index contributed by atoms with van der Waals surface area (Å²) < 4.78 is 6.33. The lowest BCUT2D eigenvalue weighted by molar-refractivity contribution is 0.184. The zero-order valence-corrected chi connectivity index (χ0v) is 19.8. The molecule has 3 heterocycles. The number of aliphatic imine (C=N–C) groups is 1. The predicted molar refractivity (Wildman–Crippen MR) is 126 cm³/mol. The standard InChI is InChI=1S/C19H27ClN4O2S.HI/c1-2-21-19(23-13-15(25)17-7-8-18(20)27-17)22-12-14(16-6-5-11-26-16)24-9-3-4-10-24;/h5-8,11,14-15,25H,2-4,9-10,12-13H2,1H3,(H2,21,22,23);1H. The predicted octanol–water partition coefficient (Wildman–Crippen LogP) is 4.04. The zero-order chi connectivity index (χ0) is 19.1. The van der Waals surface area contributed by atoms with Gasteiger partial charge in [0.2, 0.25) is 0 Å². The first-order valence-corrected chi connectivity index (χ1v) is 10.6. The highest BCUT2D eigenvalue weighted by Crippen LogP contribution is 2.27. The molecule has 9 heteroatoms. The molecule has 1 fully saturated rings. The molecule has 3 rings (SSSR count). The van der Waals surface area contributed by atoms with Crippen molar-refractivity contribution in [3.05, 3.63) is 45.5 Å². The van der Waals surface area contributed by atoms with Gasteiger partial charge in [-0.25, -0.2) is 0 Å². The lowest BCUT2D eigenvalue weighted by Crippen LogP contribution is -2.40. The Hall–Kier alpha value is -0.810. The van der Waals surface area contributed by atoms with Crippen molar-refractivity contribution < 1.29 is 9.52 Å². The molecule has 1 aliphatic heterocycles. The van der Waals surface area contributed by atoms with E-state index in [4.69, 9.17) is 21.0 Å². The first kappa shape index (κ1) is 23.5. The van der Waals surface area contributed by atoms with E-state index in [0.29, 0.717) is 23.4 Å². The molecule has 2 atom stereocenters. The second-order valence-electron chi connectivity index (χ2n) is 6.53. The Morgan fingerprint density at radius 3 is 2.71 bits per heavy atom. The van der Waals surface area contributed by atoms with Crippen molar-refractivity contribution in [3.8, 4) is 0 Å². The summed E-state index contributed by atoms with van der Waals surface area (Å²) in [6.07, 6.45) is 3.53. The Balaban J connectivity index is 0.00000280. The summed E-state index contributed by atoms with van der Waals surface area (Å²) >= 11 is 7.34. The van der Waals surface area contributed by atoms with Crippen LogP contribution in [0.15, 0.2) is 39.9 Å². The second-order valence-corrected chi connectivity index (χ2v) is 8.28. The maximum Gasteiger partial charge on any atom is 0.191 e. The number of thiophene rings is 1. The maximum absolute atomic E-state index is 10.3. The molecule has 3 N–H and O–H groups in total. The molecule has 0 saturated carbocycles. The highest BCUT2D eigenvalue weighted by Gasteiger charge is 2.25. The molecular formula is C19H28ClIN4O2S. The van der Waals surface area contributed by atoms with Crippen molar-refractivity contribution in [2.24, 2.45) is 4.99 Å². The molecule has 0 aliphatic carbocycles.